The van der Waals surface area contributed by atoms with E-state index in [1.54, 1.807) is 14.1 Å². The standard InChI is InChI=1S/C12H26N4O6/c1-15-5-3-7(13)21-9(11(17)18)10(12(19)20)22-8(14)4-6-16-2/h7-10,15-16H,3-6,13-14H2,1-2H3,(H,17,18)(H,19,20). The first-order valence-corrected chi connectivity index (χ1v) is 6.90. The van der Waals surface area contributed by atoms with Crippen molar-refractivity contribution < 1.29 is 29.3 Å². The van der Waals surface area contributed by atoms with Crippen LogP contribution in [0.2, 0.25) is 0 Å². The van der Waals surface area contributed by atoms with Crippen molar-refractivity contribution in [1.29, 1.82) is 0 Å². The summed E-state index contributed by atoms with van der Waals surface area (Å²) in [6.45, 7) is 0.988. The van der Waals surface area contributed by atoms with Crippen molar-refractivity contribution in [2.24, 2.45) is 11.5 Å². The first-order valence-electron chi connectivity index (χ1n) is 6.90. The summed E-state index contributed by atoms with van der Waals surface area (Å²) in [6.07, 6.45) is -4.73. The largest absolute Gasteiger partial charge is 0.479 e. The van der Waals surface area contributed by atoms with Crippen molar-refractivity contribution in [3.63, 3.8) is 0 Å². The fraction of sp³-hybridized carbons (Fsp3) is 0.833. The number of hydrogen-bond acceptors (Lipinski definition) is 8. The minimum absolute atomic E-state index is 0.318. The van der Waals surface area contributed by atoms with Crippen molar-refractivity contribution in [3.05, 3.63) is 0 Å². The molecule has 0 saturated heterocycles. The van der Waals surface area contributed by atoms with Gasteiger partial charge in [-0.1, -0.05) is 0 Å². The minimum atomic E-state index is -1.75. The second-order valence-electron chi connectivity index (χ2n) is 4.65. The Morgan fingerprint density at radius 3 is 1.45 bits per heavy atom. The predicted molar refractivity (Wildman–Crippen MR) is 78.1 cm³/mol. The van der Waals surface area contributed by atoms with E-state index < -0.39 is 36.6 Å². The molecule has 0 radical (unpaired) electrons. The van der Waals surface area contributed by atoms with Crippen molar-refractivity contribution in [1.82, 2.24) is 10.6 Å². The van der Waals surface area contributed by atoms with E-state index in [9.17, 15) is 9.59 Å². The Labute approximate surface area is 129 Å². The topological polar surface area (TPSA) is 169 Å². The maximum absolute atomic E-state index is 11.3. The number of hydrogen-bond donors (Lipinski definition) is 6. The van der Waals surface area contributed by atoms with Crippen LogP contribution in [0.25, 0.3) is 0 Å². The van der Waals surface area contributed by atoms with E-state index in [1.165, 1.54) is 0 Å². The Morgan fingerprint density at radius 1 is 0.909 bits per heavy atom. The van der Waals surface area contributed by atoms with E-state index in [4.69, 9.17) is 31.2 Å². The number of aliphatic carboxylic acids is 2. The van der Waals surface area contributed by atoms with Gasteiger partial charge in [0.1, 0.15) is 12.5 Å². The van der Waals surface area contributed by atoms with Crippen LogP contribution in [0.5, 0.6) is 0 Å². The Bertz CT molecular complexity index is 312. The van der Waals surface area contributed by atoms with Gasteiger partial charge in [0, 0.05) is 0 Å². The summed E-state index contributed by atoms with van der Waals surface area (Å²) in [7, 11) is 3.40. The maximum Gasteiger partial charge on any atom is 0.336 e. The molecule has 0 aromatic rings. The van der Waals surface area contributed by atoms with Crippen LogP contribution in [-0.2, 0) is 19.1 Å². The van der Waals surface area contributed by atoms with Crippen LogP contribution >= 0.6 is 0 Å². The molecule has 10 heteroatoms. The van der Waals surface area contributed by atoms with E-state index in [0.29, 0.717) is 25.9 Å². The number of carbonyl (C=O) groups is 2. The molecular weight excluding hydrogens is 296 g/mol. The highest BCUT2D eigenvalue weighted by atomic mass is 16.6. The fourth-order valence-electron chi connectivity index (χ4n) is 1.60. The second kappa shape index (κ2) is 11.3. The molecule has 0 aromatic carbocycles. The predicted octanol–water partition coefficient (Wildman–Crippen LogP) is -2.29. The van der Waals surface area contributed by atoms with Gasteiger partial charge in [-0.15, -0.1) is 0 Å². The van der Waals surface area contributed by atoms with Gasteiger partial charge >= 0.3 is 11.9 Å². The Kier molecular flexibility index (Phi) is 10.6. The van der Waals surface area contributed by atoms with Crippen LogP contribution < -0.4 is 22.1 Å². The van der Waals surface area contributed by atoms with Gasteiger partial charge in [-0.2, -0.15) is 0 Å². The summed E-state index contributed by atoms with van der Waals surface area (Å²) in [5.41, 5.74) is 11.3. The number of ether oxygens (including phenoxy) is 2. The highest BCUT2D eigenvalue weighted by Gasteiger charge is 2.38. The molecule has 0 amide bonds. The Balaban J connectivity index is 4.80. The fourth-order valence-corrected chi connectivity index (χ4v) is 1.60. The normalized spacial score (nSPS) is 16.7. The van der Waals surface area contributed by atoms with Gasteiger partial charge in [-0.05, 0) is 40.0 Å². The van der Waals surface area contributed by atoms with Crippen molar-refractivity contribution >= 4 is 11.9 Å². The van der Waals surface area contributed by atoms with E-state index in [0.717, 1.165) is 0 Å². The van der Waals surface area contributed by atoms with Crippen LogP contribution in [0.4, 0.5) is 0 Å². The van der Waals surface area contributed by atoms with Crippen LogP contribution in [0.1, 0.15) is 12.8 Å². The van der Waals surface area contributed by atoms with Gasteiger partial charge in [0.2, 0.25) is 0 Å². The van der Waals surface area contributed by atoms with E-state index in [-0.39, 0.29) is 0 Å². The van der Waals surface area contributed by atoms with Gasteiger partial charge < -0.3 is 41.8 Å². The molecule has 0 heterocycles. The van der Waals surface area contributed by atoms with Crippen molar-refractivity contribution in [2.75, 3.05) is 27.2 Å². The quantitative estimate of drug-likeness (QED) is 0.203. The van der Waals surface area contributed by atoms with E-state index >= 15 is 0 Å². The summed E-state index contributed by atoms with van der Waals surface area (Å²) in [5, 5.41) is 24.0. The van der Waals surface area contributed by atoms with Crippen LogP contribution in [0.3, 0.4) is 0 Å². The Morgan fingerprint density at radius 2 is 1.23 bits per heavy atom. The number of nitrogens with two attached hydrogens (primary N) is 2. The number of carboxylic acid groups (broad SMARTS) is 2. The Hall–Kier alpha value is -1.30. The van der Waals surface area contributed by atoms with Gasteiger partial charge in [-0.3, -0.25) is 0 Å². The molecular formula is C12H26N4O6. The average Bonchev–Trinajstić information content (AvgIpc) is 2.45. The zero-order valence-corrected chi connectivity index (χ0v) is 12.8. The van der Waals surface area contributed by atoms with Gasteiger partial charge in [0.15, 0.2) is 12.2 Å². The molecule has 0 fully saturated rings. The van der Waals surface area contributed by atoms with Crippen LogP contribution in [-0.4, -0.2) is 74.0 Å². The summed E-state index contributed by atoms with van der Waals surface area (Å²) in [5.74, 6) is -2.96. The molecule has 0 aromatic heterocycles. The maximum atomic E-state index is 11.3. The SMILES string of the molecule is CNCCC(N)OC(C(=O)O)C(OC(N)CCNC)C(=O)O. The third kappa shape index (κ3) is 8.22. The van der Waals surface area contributed by atoms with E-state index in [1.807, 2.05) is 0 Å². The molecule has 0 spiro atoms. The summed E-state index contributed by atoms with van der Waals surface area (Å²) < 4.78 is 10.2. The molecule has 22 heavy (non-hydrogen) atoms. The molecule has 0 aliphatic heterocycles. The zero-order chi connectivity index (χ0) is 17.1. The molecule has 10 nitrogen and oxygen atoms in total. The van der Waals surface area contributed by atoms with Crippen molar-refractivity contribution in [3.8, 4) is 0 Å². The van der Waals surface area contributed by atoms with Gasteiger partial charge in [0.05, 0.1) is 0 Å². The molecule has 0 saturated carbocycles. The summed E-state index contributed by atoms with van der Waals surface area (Å²) in [6, 6.07) is 0. The van der Waals surface area contributed by atoms with Gasteiger partial charge in [-0.25, -0.2) is 9.59 Å². The lowest BCUT2D eigenvalue weighted by Gasteiger charge is -2.26. The van der Waals surface area contributed by atoms with Gasteiger partial charge in [0.25, 0.3) is 0 Å². The molecule has 4 unspecified atom stereocenters. The second-order valence-corrected chi connectivity index (χ2v) is 4.65. The molecule has 130 valence electrons. The third-order valence-corrected chi connectivity index (χ3v) is 2.76. The molecule has 4 atom stereocenters. The van der Waals surface area contributed by atoms with Crippen molar-refractivity contribution in [2.45, 2.75) is 37.5 Å². The first kappa shape index (κ1) is 20.7. The number of rotatable bonds is 13. The van der Waals surface area contributed by atoms with Crippen LogP contribution in [0.15, 0.2) is 0 Å². The summed E-state index contributed by atoms with van der Waals surface area (Å²) in [4.78, 5) is 22.5. The molecule has 0 rings (SSSR count). The molecule has 0 aliphatic carbocycles. The molecule has 0 aliphatic rings. The highest BCUT2D eigenvalue weighted by Crippen LogP contribution is 2.11. The minimum Gasteiger partial charge on any atom is -0.479 e. The van der Waals surface area contributed by atoms with E-state index in [2.05, 4.69) is 10.6 Å². The smallest absolute Gasteiger partial charge is 0.336 e. The number of carboxylic acids is 2. The lowest BCUT2D eigenvalue weighted by molar-refractivity contribution is -0.187. The lowest BCUT2D eigenvalue weighted by atomic mass is 10.2. The third-order valence-electron chi connectivity index (χ3n) is 2.76. The highest BCUT2D eigenvalue weighted by molar-refractivity contribution is 5.83. The monoisotopic (exact) mass is 322 g/mol. The molecule has 0 bridgehead atoms. The molecule has 8 N–H and O–H groups in total. The lowest BCUT2D eigenvalue weighted by Crippen LogP contribution is -2.50. The number of nitrogens with one attached hydrogen (secondary N) is 2. The first-order chi connectivity index (χ1) is 10.3. The van der Waals surface area contributed by atoms with Crippen LogP contribution in [0, 0.1) is 0 Å². The zero-order valence-electron chi connectivity index (χ0n) is 12.8. The summed E-state index contributed by atoms with van der Waals surface area (Å²) >= 11 is 0. The average molecular weight is 322 g/mol.